The molecule has 6 nitrogen and oxygen atoms in total. The molecule has 0 fully saturated rings. The summed E-state index contributed by atoms with van der Waals surface area (Å²) in [6.45, 7) is 1.83. The Balaban J connectivity index is 2.21. The first-order valence-corrected chi connectivity index (χ1v) is 7.60. The minimum atomic E-state index is -0.480. The van der Waals surface area contributed by atoms with Crippen molar-refractivity contribution in [3.63, 3.8) is 0 Å². The maximum Gasteiger partial charge on any atom is 0.348 e. The summed E-state index contributed by atoms with van der Waals surface area (Å²) >= 11 is 1.05. The molecule has 0 saturated heterocycles. The number of benzene rings is 1. The molecule has 1 heterocycles. The van der Waals surface area contributed by atoms with Gasteiger partial charge < -0.3 is 15.4 Å². The molecule has 120 valence electrons. The molecule has 2 rings (SSSR count). The molecule has 0 spiro atoms. The van der Waals surface area contributed by atoms with Crippen molar-refractivity contribution in [1.82, 2.24) is 5.32 Å². The number of rotatable bonds is 4. The number of nitrogens with one attached hydrogen (secondary N) is 2. The number of methoxy groups -OCH3 is 1. The van der Waals surface area contributed by atoms with Crippen LogP contribution in [0.25, 0.3) is 0 Å². The predicted molar refractivity (Wildman–Crippen MR) is 88.2 cm³/mol. The summed E-state index contributed by atoms with van der Waals surface area (Å²) < 4.78 is 4.62. The lowest BCUT2D eigenvalue weighted by Gasteiger charge is -2.09. The molecule has 0 aliphatic carbocycles. The monoisotopic (exact) mass is 332 g/mol. The Kier molecular flexibility index (Phi) is 5.13. The van der Waals surface area contributed by atoms with E-state index in [1.807, 2.05) is 6.92 Å². The van der Waals surface area contributed by atoms with E-state index in [2.05, 4.69) is 15.4 Å². The third kappa shape index (κ3) is 3.75. The van der Waals surface area contributed by atoms with Gasteiger partial charge in [0.15, 0.2) is 0 Å². The van der Waals surface area contributed by atoms with Crippen LogP contribution in [0.3, 0.4) is 0 Å². The Labute approximate surface area is 137 Å². The zero-order chi connectivity index (χ0) is 17.0. The van der Waals surface area contributed by atoms with Crippen LogP contribution < -0.4 is 10.6 Å². The van der Waals surface area contributed by atoms with Crippen molar-refractivity contribution < 1.29 is 19.1 Å². The van der Waals surface area contributed by atoms with Crippen molar-refractivity contribution >= 4 is 34.8 Å². The molecule has 2 N–H and O–H groups in total. The van der Waals surface area contributed by atoms with E-state index in [4.69, 9.17) is 0 Å². The highest BCUT2D eigenvalue weighted by Gasteiger charge is 2.15. The molecular weight excluding hydrogens is 316 g/mol. The number of hydrogen-bond acceptors (Lipinski definition) is 5. The molecule has 0 aliphatic heterocycles. The normalized spacial score (nSPS) is 10.0. The van der Waals surface area contributed by atoms with E-state index in [1.54, 1.807) is 37.4 Å². The standard InChI is InChI=1S/C16H16N2O4S/c1-9-4-5-10(14(19)17-2)8-11(9)18-15(20)12-6-7-13(23-12)16(21)22-3/h4-8H,1-3H3,(H,17,19)(H,18,20). The van der Waals surface area contributed by atoms with Crippen molar-refractivity contribution in [2.45, 2.75) is 6.92 Å². The van der Waals surface area contributed by atoms with E-state index >= 15 is 0 Å². The second-order valence-corrected chi connectivity index (χ2v) is 5.80. The van der Waals surface area contributed by atoms with Crippen molar-refractivity contribution in [3.05, 3.63) is 51.2 Å². The van der Waals surface area contributed by atoms with Gasteiger partial charge in [0.1, 0.15) is 4.88 Å². The number of esters is 1. The predicted octanol–water partition coefficient (Wildman–Crippen LogP) is 2.46. The first kappa shape index (κ1) is 16.7. The fraction of sp³-hybridized carbons (Fsp3) is 0.188. The van der Waals surface area contributed by atoms with E-state index in [9.17, 15) is 14.4 Å². The molecule has 0 radical (unpaired) electrons. The molecule has 2 amide bonds. The van der Waals surface area contributed by atoms with E-state index in [0.29, 0.717) is 21.0 Å². The minimum absolute atomic E-state index is 0.232. The molecule has 23 heavy (non-hydrogen) atoms. The topological polar surface area (TPSA) is 84.5 Å². The molecule has 1 aromatic heterocycles. The molecule has 0 atom stereocenters. The number of anilines is 1. The van der Waals surface area contributed by atoms with Gasteiger partial charge >= 0.3 is 5.97 Å². The molecule has 2 aromatic rings. The third-order valence-electron chi connectivity index (χ3n) is 3.19. The smallest absolute Gasteiger partial charge is 0.348 e. The number of carbonyl (C=O) groups excluding carboxylic acids is 3. The number of carbonyl (C=O) groups is 3. The van der Waals surface area contributed by atoms with Crippen LogP contribution in [-0.4, -0.2) is 31.9 Å². The van der Waals surface area contributed by atoms with Crippen LogP contribution in [-0.2, 0) is 4.74 Å². The second-order valence-electron chi connectivity index (χ2n) is 4.72. The summed E-state index contributed by atoms with van der Waals surface area (Å²) in [5.41, 5.74) is 1.83. The summed E-state index contributed by atoms with van der Waals surface area (Å²) in [5.74, 6) is -1.06. The number of aryl methyl sites for hydroxylation is 1. The van der Waals surface area contributed by atoms with Crippen LogP contribution in [0.15, 0.2) is 30.3 Å². The first-order chi connectivity index (χ1) is 11.0. The quantitative estimate of drug-likeness (QED) is 0.842. The van der Waals surface area contributed by atoms with Gasteiger partial charge in [-0.15, -0.1) is 11.3 Å². The van der Waals surface area contributed by atoms with Crippen LogP contribution in [0.4, 0.5) is 5.69 Å². The van der Waals surface area contributed by atoms with Gasteiger partial charge in [0.2, 0.25) is 0 Å². The molecule has 1 aromatic carbocycles. The highest BCUT2D eigenvalue weighted by Crippen LogP contribution is 2.21. The molecular formula is C16H16N2O4S. The summed E-state index contributed by atoms with van der Waals surface area (Å²) in [6, 6.07) is 8.16. The molecule has 0 bridgehead atoms. The fourth-order valence-electron chi connectivity index (χ4n) is 1.90. The lowest BCUT2D eigenvalue weighted by atomic mass is 10.1. The van der Waals surface area contributed by atoms with Gasteiger partial charge in [-0.2, -0.15) is 0 Å². The minimum Gasteiger partial charge on any atom is -0.465 e. The van der Waals surface area contributed by atoms with Gasteiger partial charge in [-0.3, -0.25) is 9.59 Å². The van der Waals surface area contributed by atoms with Crippen molar-refractivity contribution in [2.75, 3.05) is 19.5 Å². The van der Waals surface area contributed by atoms with Crippen LogP contribution in [0.1, 0.15) is 35.3 Å². The van der Waals surface area contributed by atoms with Gasteiger partial charge in [0.05, 0.1) is 12.0 Å². The Hall–Kier alpha value is -2.67. The lowest BCUT2D eigenvalue weighted by Crippen LogP contribution is -2.18. The number of thiophene rings is 1. The van der Waals surface area contributed by atoms with Gasteiger partial charge in [0.25, 0.3) is 11.8 Å². The third-order valence-corrected chi connectivity index (χ3v) is 4.26. The van der Waals surface area contributed by atoms with Crippen LogP contribution in [0.2, 0.25) is 0 Å². The van der Waals surface area contributed by atoms with E-state index in [1.165, 1.54) is 7.11 Å². The molecule has 7 heteroatoms. The van der Waals surface area contributed by atoms with Crippen molar-refractivity contribution in [2.24, 2.45) is 0 Å². The number of amides is 2. The Morgan fingerprint density at radius 2 is 1.74 bits per heavy atom. The van der Waals surface area contributed by atoms with E-state index in [0.717, 1.165) is 16.9 Å². The van der Waals surface area contributed by atoms with Crippen LogP contribution >= 0.6 is 11.3 Å². The number of ether oxygens (including phenoxy) is 1. The zero-order valence-corrected chi connectivity index (χ0v) is 13.7. The lowest BCUT2D eigenvalue weighted by molar-refractivity contribution is 0.0606. The summed E-state index contributed by atoms with van der Waals surface area (Å²) in [6.07, 6.45) is 0. The summed E-state index contributed by atoms with van der Waals surface area (Å²) in [4.78, 5) is 36.1. The van der Waals surface area contributed by atoms with Gasteiger partial charge in [-0.05, 0) is 36.8 Å². The molecule has 0 saturated carbocycles. The van der Waals surface area contributed by atoms with E-state index < -0.39 is 5.97 Å². The van der Waals surface area contributed by atoms with Crippen molar-refractivity contribution in [3.8, 4) is 0 Å². The fourth-order valence-corrected chi connectivity index (χ4v) is 2.72. The average Bonchev–Trinajstić information content (AvgIpc) is 3.05. The highest BCUT2D eigenvalue weighted by molar-refractivity contribution is 7.16. The summed E-state index contributed by atoms with van der Waals surface area (Å²) in [7, 11) is 2.83. The van der Waals surface area contributed by atoms with Crippen LogP contribution in [0.5, 0.6) is 0 Å². The average molecular weight is 332 g/mol. The van der Waals surface area contributed by atoms with Gasteiger partial charge in [-0.1, -0.05) is 6.07 Å². The second kappa shape index (κ2) is 7.06. The molecule has 0 aliphatic rings. The zero-order valence-electron chi connectivity index (χ0n) is 12.9. The Morgan fingerprint density at radius 3 is 2.39 bits per heavy atom. The largest absolute Gasteiger partial charge is 0.465 e. The SMILES string of the molecule is CNC(=O)c1ccc(C)c(NC(=O)c2ccc(C(=O)OC)s2)c1. The van der Waals surface area contributed by atoms with Crippen molar-refractivity contribution in [1.29, 1.82) is 0 Å². The van der Waals surface area contributed by atoms with Crippen LogP contribution in [0, 0.1) is 6.92 Å². The Morgan fingerprint density at radius 1 is 1.04 bits per heavy atom. The van der Waals surface area contributed by atoms with E-state index in [-0.39, 0.29) is 11.8 Å². The summed E-state index contributed by atoms with van der Waals surface area (Å²) in [5, 5.41) is 5.29. The maximum absolute atomic E-state index is 12.3. The first-order valence-electron chi connectivity index (χ1n) is 6.78. The number of hydrogen-bond donors (Lipinski definition) is 2. The molecule has 0 unspecified atom stereocenters. The maximum atomic E-state index is 12.3. The Bertz CT molecular complexity index is 767. The highest BCUT2D eigenvalue weighted by atomic mass is 32.1. The van der Waals surface area contributed by atoms with Gasteiger partial charge in [0, 0.05) is 18.3 Å². The van der Waals surface area contributed by atoms with Gasteiger partial charge in [-0.25, -0.2) is 4.79 Å².